The molecule has 0 aromatic heterocycles. The average molecular weight is 194 g/mol. The smallest absolute Gasteiger partial charge is 0.123 e. The highest BCUT2D eigenvalue weighted by molar-refractivity contribution is 5.53. The lowest BCUT2D eigenvalue weighted by Gasteiger charge is -2.22. The molecule has 0 saturated carbocycles. The molecule has 0 radical (unpaired) electrons. The van der Waals surface area contributed by atoms with E-state index in [1.54, 1.807) is 0 Å². The van der Waals surface area contributed by atoms with E-state index in [9.17, 15) is 4.79 Å². The first-order chi connectivity index (χ1) is 6.76. The SMILES string of the molecule is CCCC1CC=C(CC(C)C=O)CC1. The number of aldehydes is 1. The van der Waals surface area contributed by atoms with Crippen molar-refractivity contribution in [2.75, 3.05) is 0 Å². The summed E-state index contributed by atoms with van der Waals surface area (Å²) in [5, 5.41) is 0. The van der Waals surface area contributed by atoms with Gasteiger partial charge in [0.05, 0.1) is 0 Å². The third-order valence-corrected chi connectivity index (χ3v) is 3.13. The van der Waals surface area contributed by atoms with Gasteiger partial charge in [-0.1, -0.05) is 38.3 Å². The van der Waals surface area contributed by atoms with Crippen molar-refractivity contribution in [3.63, 3.8) is 0 Å². The Kier molecular flexibility index (Phi) is 4.92. The quantitative estimate of drug-likeness (QED) is 0.481. The first-order valence-corrected chi connectivity index (χ1v) is 5.89. The Labute approximate surface area is 87.6 Å². The van der Waals surface area contributed by atoms with Gasteiger partial charge in [-0.25, -0.2) is 0 Å². The maximum absolute atomic E-state index is 10.5. The van der Waals surface area contributed by atoms with Crippen LogP contribution in [0, 0.1) is 11.8 Å². The molecule has 0 bridgehead atoms. The summed E-state index contributed by atoms with van der Waals surface area (Å²) < 4.78 is 0. The number of hydrogen-bond donors (Lipinski definition) is 0. The van der Waals surface area contributed by atoms with E-state index < -0.39 is 0 Å². The highest BCUT2D eigenvalue weighted by Crippen LogP contribution is 2.29. The van der Waals surface area contributed by atoms with Crippen molar-refractivity contribution in [1.29, 1.82) is 0 Å². The molecule has 80 valence electrons. The Bertz CT molecular complexity index is 205. The van der Waals surface area contributed by atoms with E-state index in [1.807, 2.05) is 6.92 Å². The van der Waals surface area contributed by atoms with Crippen LogP contribution in [-0.4, -0.2) is 6.29 Å². The van der Waals surface area contributed by atoms with E-state index in [1.165, 1.54) is 37.7 Å². The number of allylic oxidation sites excluding steroid dienone is 2. The van der Waals surface area contributed by atoms with Gasteiger partial charge in [-0.3, -0.25) is 0 Å². The number of carbonyl (C=O) groups is 1. The predicted molar refractivity (Wildman–Crippen MR) is 60.2 cm³/mol. The molecule has 14 heavy (non-hydrogen) atoms. The lowest BCUT2D eigenvalue weighted by atomic mass is 9.84. The molecule has 2 atom stereocenters. The van der Waals surface area contributed by atoms with Crippen molar-refractivity contribution in [2.24, 2.45) is 11.8 Å². The summed E-state index contributed by atoms with van der Waals surface area (Å²) in [6, 6.07) is 0. The van der Waals surface area contributed by atoms with Crippen molar-refractivity contribution in [1.82, 2.24) is 0 Å². The van der Waals surface area contributed by atoms with Crippen molar-refractivity contribution in [3.05, 3.63) is 11.6 Å². The number of hydrogen-bond acceptors (Lipinski definition) is 1. The second-order valence-corrected chi connectivity index (χ2v) is 4.61. The maximum Gasteiger partial charge on any atom is 0.123 e. The Morgan fingerprint density at radius 1 is 1.64 bits per heavy atom. The van der Waals surface area contributed by atoms with Crippen LogP contribution in [0.25, 0.3) is 0 Å². The van der Waals surface area contributed by atoms with Crippen LogP contribution in [-0.2, 0) is 4.79 Å². The third-order valence-electron chi connectivity index (χ3n) is 3.13. The topological polar surface area (TPSA) is 17.1 Å². The van der Waals surface area contributed by atoms with Gasteiger partial charge in [0.1, 0.15) is 6.29 Å². The van der Waals surface area contributed by atoms with Crippen LogP contribution in [0.5, 0.6) is 0 Å². The molecule has 0 aromatic rings. The molecule has 1 heteroatoms. The minimum absolute atomic E-state index is 0.212. The molecule has 0 amide bonds. The van der Waals surface area contributed by atoms with Crippen molar-refractivity contribution in [2.45, 2.75) is 52.4 Å². The van der Waals surface area contributed by atoms with E-state index in [0.717, 1.165) is 18.6 Å². The van der Waals surface area contributed by atoms with Crippen molar-refractivity contribution in [3.8, 4) is 0 Å². The molecule has 0 fully saturated rings. The number of rotatable bonds is 5. The molecule has 0 heterocycles. The second-order valence-electron chi connectivity index (χ2n) is 4.61. The molecule has 2 unspecified atom stereocenters. The lowest BCUT2D eigenvalue weighted by Crippen LogP contribution is -2.07. The zero-order valence-corrected chi connectivity index (χ0v) is 9.46. The first kappa shape index (κ1) is 11.5. The average Bonchev–Trinajstić information content (AvgIpc) is 2.21. The normalized spacial score (nSPS) is 24.1. The van der Waals surface area contributed by atoms with Crippen LogP contribution in [0.3, 0.4) is 0 Å². The zero-order valence-electron chi connectivity index (χ0n) is 9.46. The second kappa shape index (κ2) is 6.00. The summed E-state index contributed by atoms with van der Waals surface area (Å²) in [4.78, 5) is 10.5. The maximum atomic E-state index is 10.5. The van der Waals surface area contributed by atoms with Crippen LogP contribution in [0.2, 0.25) is 0 Å². The molecule has 0 spiro atoms. The van der Waals surface area contributed by atoms with Crippen molar-refractivity contribution >= 4 is 6.29 Å². The molecule has 0 aromatic carbocycles. The zero-order chi connectivity index (χ0) is 10.4. The van der Waals surface area contributed by atoms with Gasteiger partial charge in [0, 0.05) is 5.92 Å². The van der Waals surface area contributed by atoms with Gasteiger partial charge in [0.15, 0.2) is 0 Å². The standard InChI is InChI=1S/C13H22O/c1-3-4-12-5-7-13(8-6-12)9-11(2)10-14/h7,10-12H,3-6,8-9H2,1-2H3. The van der Waals surface area contributed by atoms with Crippen LogP contribution < -0.4 is 0 Å². The van der Waals surface area contributed by atoms with Gasteiger partial charge in [-0.15, -0.1) is 0 Å². The van der Waals surface area contributed by atoms with Gasteiger partial charge in [0.2, 0.25) is 0 Å². The van der Waals surface area contributed by atoms with Gasteiger partial charge < -0.3 is 4.79 Å². The van der Waals surface area contributed by atoms with Gasteiger partial charge in [-0.2, -0.15) is 0 Å². The van der Waals surface area contributed by atoms with E-state index in [-0.39, 0.29) is 5.92 Å². The fraction of sp³-hybridized carbons (Fsp3) is 0.769. The van der Waals surface area contributed by atoms with Gasteiger partial charge >= 0.3 is 0 Å². The van der Waals surface area contributed by atoms with Gasteiger partial charge in [0.25, 0.3) is 0 Å². The minimum atomic E-state index is 0.212. The van der Waals surface area contributed by atoms with Crippen LogP contribution in [0.15, 0.2) is 11.6 Å². The summed E-state index contributed by atoms with van der Waals surface area (Å²) >= 11 is 0. The monoisotopic (exact) mass is 194 g/mol. The third kappa shape index (κ3) is 3.65. The minimum Gasteiger partial charge on any atom is -0.303 e. The first-order valence-electron chi connectivity index (χ1n) is 5.89. The van der Waals surface area contributed by atoms with Crippen LogP contribution in [0.1, 0.15) is 52.4 Å². The Balaban J connectivity index is 2.33. The summed E-state index contributed by atoms with van der Waals surface area (Å²) in [7, 11) is 0. The molecular weight excluding hydrogens is 172 g/mol. The fourth-order valence-corrected chi connectivity index (χ4v) is 2.26. The van der Waals surface area contributed by atoms with E-state index >= 15 is 0 Å². The molecule has 0 aliphatic heterocycles. The summed E-state index contributed by atoms with van der Waals surface area (Å²) in [6.07, 6.45) is 10.9. The van der Waals surface area contributed by atoms with E-state index in [0.29, 0.717) is 0 Å². The highest BCUT2D eigenvalue weighted by Gasteiger charge is 2.14. The number of carbonyl (C=O) groups excluding carboxylic acids is 1. The molecule has 1 aliphatic rings. The Morgan fingerprint density at radius 3 is 2.93 bits per heavy atom. The molecule has 0 saturated heterocycles. The van der Waals surface area contributed by atoms with E-state index in [2.05, 4.69) is 13.0 Å². The molecule has 1 nitrogen and oxygen atoms in total. The lowest BCUT2D eigenvalue weighted by molar-refractivity contribution is -0.110. The summed E-state index contributed by atoms with van der Waals surface area (Å²) in [6.45, 7) is 4.26. The summed E-state index contributed by atoms with van der Waals surface area (Å²) in [5.74, 6) is 1.12. The molecular formula is C13H22O. The Hall–Kier alpha value is -0.590. The van der Waals surface area contributed by atoms with Crippen molar-refractivity contribution < 1.29 is 4.79 Å². The molecule has 1 aliphatic carbocycles. The van der Waals surface area contributed by atoms with Crippen LogP contribution in [0.4, 0.5) is 0 Å². The highest BCUT2D eigenvalue weighted by atomic mass is 16.1. The largest absolute Gasteiger partial charge is 0.303 e. The molecule has 0 N–H and O–H groups in total. The van der Waals surface area contributed by atoms with E-state index in [4.69, 9.17) is 0 Å². The van der Waals surface area contributed by atoms with Crippen LogP contribution >= 0.6 is 0 Å². The summed E-state index contributed by atoms with van der Waals surface area (Å²) in [5.41, 5.74) is 1.51. The predicted octanol–water partition coefficient (Wildman–Crippen LogP) is 3.74. The van der Waals surface area contributed by atoms with Gasteiger partial charge in [-0.05, 0) is 31.6 Å². The Morgan fingerprint density at radius 2 is 2.43 bits per heavy atom. The fourth-order valence-electron chi connectivity index (χ4n) is 2.26. The molecule has 1 rings (SSSR count).